The molecule has 2 aliphatic heterocycles. The van der Waals surface area contributed by atoms with Crippen molar-refractivity contribution in [3.05, 3.63) is 11.6 Å². The SMILES string of the molecule is CCOC(=O)N1CCC(NC(=O)C2CC23CCN(C(=O)C2=CCCC2)CC3)CC1. The summed E-state index contributed by atoms with van der Waals surface area (Å²) in [7, 11) is 0. The zero-order valence-corrected chi connectivity index (χ0v) is 17.5. The standard InChI is InChI=1S/C22H33N3O4/c1-2-29-21(28)25-11-7-17(8-12-25)23-19(26)18-15-22(18)9-13-24(14-10-22)20(27)16-5-3-4-6-16/h5,17-18H,2-4,6-15H2,1H3,(H,23,26). The Morgan fingerprint density at radius 1 is 1.14 bits per heavy atom. The van der Waals surface area contributed by atoms with Crippen LogP contribution < -0.4 is 5.32 Å². The average molecular weight is 404 g/mol. The first-order valence-corrected chi connectivity index (χ1v) is 11.2. The number of hydrogen-bond acceptors (Lipinski definition) is 4. The molecule has 0 radical (unpaired) electrons. The second-order valence-corrected chi connectivity index (χ2v) is 9.00. The number of nitrogens with one attached hydrogen (secondary N) is 1. The van der Waals surface area contributed by atoms with Crippen LogP contribution in [0.2, 0.25) is 0 Å². The number of ether oxygens (including phenoxy) is 1. The van der Waals surface area contributed by atoms with Crippen molar-refractivity contribution < 1.29 is 19.1 Å². The van der Waals surface area contributed by atoms with E-state index < -0.39 is 0 Å². The van der Waals surface area contributed by atoms with E-state index in [1.54, 1.807) is 4.90 Å². The molecular formula is C22H33N3O4. The molecule has 2 heterocycles. The maximum absolute atomic E-state index is 12.8. The number of hydrogen-bond donors (Lipinski definition) is 1. The Morgan fingerprint density at radius 3 is 2.48 bits per heavy atom. The third-order valence-electron chi connectivity index (χ3n) is 7.24. The lowest BCUT2D eigenvalue weighted by atomic mass is 9.90. The van der Waals surface area contributed by atoms with Crippen molar-refractivity contribution in [2.75, 3.05) is 32.8 Å². The van der Waals surface area contributed by atoms with Crippen molar-refractivity contribution in [3.8, 4) is 0 Å². The van der Waals surface area contributed by atoms with Crippen LogP contribution in [0.1, 0.15) is 58.3 Å². The van der Waals surface area contributed by atoms with Crippen LogP contribution in [0.15, 0.2) is 11.6 Å². The fourth-order valence-corrected chi connectivity index (χ4v) is 5.22. The smallest absolute Gasteiger partial charge is 0.409 e. The molecule has 1 N–H and O–H groups in total. The highest BCUT2D eigenvalue weighted by atomic mass is 16.6. The molecule has 4 aliphatic rings. The lowest BCUT2D eigenvalue weighted by Crippen LogP contribution is -2.47. The fourth-order valence-electron chi connectivity index (χ4n) is 5.22. The van der Waals surface area contributed by atoms with Gasteiger partial charge >= 0.3 is 6.09 Å². The van der Waals surface area contributed by atoms with Crippen molar-refractivity contribution in [1.29, 1.82) is 0 Å². The second kappa shape index (κ2) is 8.36. The van der Waals surface area contributed by atoms with Crippen LogP contribution >= 0.6 is 0 Å². The quantitative estimate of drug-likeness (QED) is 0.782. The molecule has 3 amide bonds. The normalized spacial score (nSPS) is 26.2. The fraction of sp³-hybridized carbons (Fsp3) is 0.773. The van der Waals surface area contributed by atoms with E-state index in [1.165, 1.54) is 0 Å². The molecular weight excluding hydrogens is 370 g/mol. The van der Waals surface area contributed by atoms with Gasteiger partial charge in [-0.2, -0.15) is 0 Å². The second-order valence-electron chi connectivity index (χ2n) is 9.00. The highest BCUT2D eigenvalue weighted by Gasteiger charge is 2.59. The third-order valence-corrected chi connectivity index (χ3v) is 7.24. The molecule has 7 heteroatoms. The molecule has 0 bridgehead atoms. The Bertz CT molecular complexity index is 688. The Labute approximate surface area is 172 Å². The van der Waals surface area contributed by atoms with Crippen molar-refractivity contribution in [3.63, 3.8) is 0 Å². The van der Waals surface area contributed by atoms with E-state index in [2.05, 4.69) is 11.4 Å². The summed E-state index contributed by atoms with van der Waals surface area (Å²) < 4.78 is 5.05. The maximum Gasteiger partial charge on any atom is 0.409 e. The number of allylic oxidation sites excluding steroid dienone is 1. The number of amides is 3. The Kier molecular flexibility index (Phi) is 5.83. The Morgan fingerprint density at radius 2 is 1.86 bits per heavy atom. The Balaban J connectivity index is 1.20. The minimum Gasteiger partial charge on any atom is -0.450 e. The van der Waals surface area contributed by atoms with E-state index in [0.717, 1.165) is 70.0 Å². The molecule has 0 aromatic carbocycles. The van der Waals surface area contributed by atoms with Gasteiger partial charge in [-0.25, -0.2) is 4.79 Å². The topological polar surface area (TPSA) is 79.0 Å². The lowest BCUT2D eigenvalue weighted by molar-refractivity contribution is -0.129. The molecule has 7 nitrogen and oxygen atoms in total. The van der Waals surface area contributed by atoms with E-state index in [-0.39, 0.29) is 35.3 Å². The summed E-state index contributed by atoms with van der Waals surface area (Å²) in [4.78, 5) is 40.8. The van der Waals surface area contributed by atoms with Gasteiger partial charge in [0.25, 0.3) is 0 Å². The van der Waals surface area contributed by atoms with Crippen LogP contribution in [0.4, 0.5) is 4.79 Å². The molecule has 160 valence electrons. The molecule has 1 saturated carbocycles. The Hall–Kier alpha value is -2.05. The first-order valence-electron chi connectivity index (χ1n) is 11.2. The van der Waals surface area contributed by atoms with Gasteiger partial charge in [-0.3, -0.25) is 9.59 Å². The molecule has 2 aliphatic carbocycles. The number of nitrogens with zero attached hydrogens (tertiary/aromatic N) is 2. The highest BCUT2D eigenvalue weighted by molar-refractivity contribution is 5.94. The first kappa shape index (κ1) is 20.2. The van der Waals surface area contributed by atoms with Gasteiger partial charge in [0.2, 0.25) is 11.8 Å². The summed E-state index contributed by atoms with van der Waals surface area (Å²) >= 11 is 0. The van der Waals surface area contributed by atoms with Crippen LogP contribution in [0.5, 0.6) is 0 Å². The number of likely N-dealkylation sites (tertiary alicyclic amines) is 2. The summed E-state index contributed by atoms with van der Waals surface area (Å²) in [5.41, 5.74) is 1.09. The summed E-state index contributed by atoms with van der Waals surface area (Å²) in [5, 5.41) is 3.22. The lowest BCUT2D eigenvalue weighted by Gasteiger charge is -2.34. The molecule has 0 aromatic heterocycles. The van der Waals surface area contributed by atoms with Crippen LogP contribution in [0, 0.1) is 11.3 Å². The number of rotatable bonds is 4. The van der Waals surface area contributed by atoms with E-state index in [1.807, 2.05) is 11.8 Å². The highest BCUT2D eigenvalue weighted by Crippen LogP contribution is 2.59. The summed E-state index contributed by atoms with van der Waals surface area (Å²) in [6, 6.07) is 0.141. The molecule has 1 atom stereocenters. The van der Waals surface area contributed by atoms with Crippen molar-refractivity contribution in [1.82, 2.24) is 15.1 Å². The zero-order chi connectivity index (χ0) is 20.4. The predicted octanol–water partition coefficient (Wildman–Crippen LogP) is 2.46. The van der Waals surface area contributed by atoms with Gasteiger partial charge in [0.05, 0.1) is 6.61 Å². The van der Waals surface area contributed by atoms with Gasteiger partial charge in [-0.15, -0.1) is 0 Å². The minimum atomic E-state index is -0.256. The van der Waals surface area contributed by atoms with Gasteiger partial charge in [0.15, 0.2) is 0 Å². The molecule has 4 rings (SSSR count). The van der Waals surface area contributed by atoms with Gasteiger partial charge < -0.3 is 19.9 Å². The molecule has 0 aromatic rings. The van der Waals surface area contributed by atoms with Crippen LogP contribution in [-0.4, -0.2) is 66.5 Å². The van der Waals surface area contributed by atoms with Gasteiger partial charge in [-0.05, 0) is 63.7 Å². The van der Waals surface area contributed by atoms with Crippen LogP contribution in [0.25, 0.3) is 0 Å². The average Bonchev–Trinajstić information content (AvgIpc) is 3.16. The summed E-state index contributed by atoms with van der Waals surface area (Å²) in [6.45, 7) is 5.01. The molecule has 1 spiro atoms. The minimum absolute atomic E-state index is 0.0912. The van der Waals surface area contributed by atoms with Crippen molar-refractivity contribution in [2.45, 2.75) is 64.3 Å². The predicted molar refractivity (Wildman–Crippen MR) is 108 cm³/mol. The van der Waals surface area contributed by atoms with E-state index in [0.29, 0.717) is 19.7 Å². The molecule has 2 saturated heterocycles. The molecule has 3 fully saturated rings. The van der Waals surface area contributed by atoms with Crippen LogP contribution in [-0.2, 0) is 14.3 Å². The third kappa shape index (κ3) is 4.28. The zero-order valence-electron chi connectivity index (χ0n) is 17.5. The van der Waals surface area contributed by atoms with Crippen molar-refractivity contribution >= 4 is 17.9 Å². The maximum atomic E-state index is 12.8. The van der Waals surface area contributed by atoms with Crippen LogP contribution in [0.3, 0.4) is 0 Å². The number of carbonyl (C=O) groups excluding carboxylic acids is 3. The summed E-state index contributed by atoms with van der Waals surface area (Å²) in [5.74, 6) is 0.471. The summed E-state index contributed by atoms with van der Waals surface area (Å²) in [6.07, 6.45) is 9.26. The number of carbonyl (C=O) groups is 3. The molecule has 29 heavy (non-hydrogen) atoms. The van der Waals surface area contributed by atoms with Gasteiger partial charge in [-0.1, -0.05) is 6.08 Å². The monoisotopic (exact) mass is 403 g/mol. The largest absolute Gasteiger partial charge is 0.450 e. The van der Waals surface area contributed by atoms with Gasteiger partial charge in [0.1, 0.15) is 0 Å². The number of piperidine rings is 2. The first-order chi connectivity index (χ1) is 14.0. The van der Waals surface area contributed by atoms with Crippen molar-refractivity contribution in [2.24, 2.45) is 11.3 Å². The van der Waals surface area contributed by atoms with E-state index in [9.17, 15) is 14.4 Å². The van der Waals surface area contributed by atoms with E-state index >= 15 is 0 Å². The van der Waals surface area contributed by atoms with Gasteiger partial charge in [0, 0.05) is 43.7 Å². The van der Waals surface area contributed by atoms with E-state index in [4.69, 9.17) is 4.74 Å². The molecule has 1 unspecified atom stereocenters.